The lowest BCUT2D eigenvalue weighted by Gasteiger charge is -2.40. The molecule has 1 aromatic heterocycles. The maximum atomic E-state index is 14.5. The van der Waals surface area contributed by atoms with E-state index in [0.29, 0.717) is 45.2 Å². The number of halogens is 1. The number of carbonyl (C=O) groups is 2. The Bertz CT molecular complexity index is 680. The summed E-state index contributed by atoms with van der Waals surface area (Å²) in [5, 5.41) is 2.88. The van der Waals surface area contributed by atoms with Crippen molar-refractivity contribution in [1.29, 1.82) is 0 Å². The summed E-state index contributed by atoms with van der Waals surface area (Å²) in [7, 11) is 0. The highest BCUT2D eigenvalue weighted by molar-refractivity contribution is 5.87. The van der Waals surface area contributed by atoms with E-state index in [0.717, 1.165) is 12.0 Å². The molecular weight excluding hydrogens is 337 g/mol. The fraction of sp³-hybridized carbons (Fsp3) is 0.632. The van der Waals surface area contributed by atoms with Crippen LogP contribution < -0.4 is 5.32 Å². The lowest BCUT2D eigenvalue weighted by atomic mass is 9.80. The van der Waals surface area contributed by atoms with Crippen LogP contribution in [-0.2, 0) is 20.9 Å². The van der Waals surface area contributed by atoms with Crippen LogP contribution in [0.2, 0.25) is 0 Å². The summed E-state index contributed by atoms with van der Waals surface area (Å²) in [5.41, 5.74) is -0.728. The highest BCUT2D eigenvalue weighted by atomic mass is 19.1. The molecule has 0 unspecified atom stereocenters. The van der Waals surface area contributed by atoms with Gasteiger partial charge in [0.2, 0.25) is 5.91 Å². The number of hydrogen-bond donors (Lipinski definition) is 1. The summed E-state index contributed by atoms with van der Waals surface area (Å²) < 4.78 is 20.4. The van der Waals surface area contributed by atoms with Gasteiger partial charge in [0.05, 0.1) is 12.1 Å². The normalized spacial score (nSPS) is 29.6. The molecule has 1 N–H and O–H groups in total. The number of nitrogens with one attached hydrogen (secondary N) is 1. The fourth-order valence-corrected chi connectivity index (χ4v) is 4.14. The van der Waals surface area contributed by atoms with E-state index in [9.17, 15) is 14.0 Å². The number of fused-ring (bicyclic) bond motifs is 1. The van der Waals surface area contributed by atoms with Crippen molar-refractivity contribution in [1.82, 2.24) is 15.2 Å². The first-order valence-electron chi connectivity index (χ1n) is 9.39. The number of likely N-dealkylation sites (tertiary alicyclic amines) is 1. The third kappa shape index (κ3) is 3.20. The lowest BCUT2D eigenvalue weighted by molar-refractivity contribution is -0.157. The van der Waals surface area contributed by atoms with Crippen LogP contribution in [-0.4, -0.2) is 52.2 Å². The van der Waals surface area contributed by atoms with Gasteiger partial charge >= 0.3 is 0 Å². The smallest absolute Gasteiger partial charge is 0.260 e. The van der Waals surface area contributed by atoms with Crippen molar-refractivity contribution >= 4 is 11.8 Å². The Morgan fingerprint density at radius 2 is 2.19 bits per heavy atom. The first-order valence-corrected chi connectivity index (χ1v) is 9.39. The lowest BCUT2D eigenvalue weighted by Crippen LogP contribution is -2.55. The molecule has 3 heterocycles. The Balaban J connectivity index is 1.31. The molecule has 0 radical (unpaired) electrons. The monoisotopic (exact) mass is 361 g/mol. The zero-order valence-corrected chi connectivity index (χ0v) is 14.7. The van der Waals surface area contributed by atoms with Crippen molar-refractivity contribution in [2.75, 3.05) is 6.54 Å². The topological polar surface area (TPSA) is 71.5 Å². The standard InChI is InChI=1S/C19H24FN3O3/c20-19(7-2-8-19)18(25)23-10-6-15-14(23)4-5-16(26-15)17(24)22-12-13-3-1-9-21-11-13/h1,3,9,11,14-16H,2,4-8,10,12H2,(H,22,24)/t14-,15-,16-/m1/s1. The number of hydrogen-bond acceptors (Lipinski definition) is 4. The Labute approximate surface area is 152 Å². The van der Waals surface area contributed by atoms with Crippen LogP contribution in [0.5, 0.6) is 0 Å². The molecule has 6 nitrogen and oxygen atoms in total. The molecule has 7 heteroatoms. The quantitative estimate of drug-likeness (QED) is 0.887. The first kappa shape index (κ1) is 17.4. The van der Waals surface area contributed by atoms with E-state index in [4.69, 9.17) is 4.74 Å². The van der Waals surface area contributed by atoms with E-state index in [1.54, 1.807) is 17.3 Å². The summed E-state index contributed by atoms with van der Waals surface area (Å²) in [6.07, 6.45) is 6.05. The highest BCUT2D eigenvalue weighted by Gasteiger charge is 2.52. The molecule has 0 spiro atoms. The minimum Gasteiger partial charge on any atom is -0.363 e. The molecule has 2 aliphatic heterocycles. The van der Waals surface area contributed by atoms with Gasteiger partial charge in [0.15, 0.2) is 5.67 Å². The van der Waals surface area contributed by atoms with Crippen LogP contribution in [0.3, 0.4) is 0 Å². The van der Waals surface area contributed by atoms with E-state index in [-0.39, 0.29) is 24.0 Å². The van der Waals surface area contributed by atoms with Gasteiger partial charge in [-0.25, -0.2) is 4.39 Å². The summed E-state index contributed by atoms with van der Waals surface area (Å²) in [5.74, 6) is -0.516. The Morgan fingerprint density at radius 3 is 2.88 bits per heavy atom. The van der Waals surface area contributed by atoms with Crippen molar-refractivity contribution in [3.63, 3.8) is 0 Å². The molecule has 2 amide bonds. The summed E-state index contributed by atoms with van der Waals surface area (Å²) in [4.78, 5) is 30.6. The van der Waals surface area contributed by atoms with Gasteiger partial charge in [-0.15, -0.1) is 0 Å². The second-order valence-electron chi connectivity index (χ2n) is 7.49. The third-order valence-corrected chi connectivity index (χ3v) is 5.82. The molecule has 1 saturated carbocycles. The molecule has 26 heavy (non-hydrogen) atoms. The number of rotatable bonds is 4. The second kappa shape index (κ2) is 6.95. The number of amides is 2. The van der Waals surface area contributed by atoms with Crippen LogP contribution in [0, 0.1) is 0 Å². The molecule has 0 bridgehead atoms. The van der Waals surface area contributed by atoms with Gasteiger partial charge in [0, 0.05) is 25.5 Å². The fourth-order valence-electron chi connectivity index (χ4n) is 4.14. The third-order valence-electron chi connectivity index (χ3n) is 5.82. The number of carbonyl (C=O) groups excluding carboxylic acids is 2. The van der Waals surface area contributed by atoms with Gasteiger partial charge in [-0.05, 0) is 50.2 Å². The molecule has 0 aromatic carbocycles. The van der Waals surface area contributed by atoms with Crippen LogP contribution in [0.4, 0.5) is 4.39 Å². The first-order chi connectivity index (χ1) is 12.6. The highest BCUT2D eigenvalue weighted by Crippen LogP contribution is 2.41. The van der Waals surface area contributed by atoms with Gasteiger partial charge in [-0.1, -0.05) is 6.07 Å². The van der Waals surface area contributed by atoms with E-state index < -0.39 is 11.8 Å². The van der Waals surface area contributed by atoms with E-state index in [1.165, 1.54) is 0 Å². The van der Waals surface area contributed by atoms with Crippen LogP contribution >= 0.6 is 0 Å². The molecule has 3 atom stereocenters. The van der Waals surface area contributed by atoms with E-state index in [2.05, 4.69) is 10.3 Å². The van der Waals surface area contributed by atoms with Crippen molar-refractivity contribution in [3.05, 3.63) is 30.1 Å². The van der Waals surface area contributed by atoms with Gasteiger partial charge in [0.25, 0.3) is 5.91 Å². The van der Waals surface area contributed by atoms with E-state index >= 15 is 0 Å². The number of nitrogens with zero attached hydrogens (tertiary/aromatic N) is 2. The van der Waals surface area contributed by atoms with Gasteiger partial charge in [0.1, 0.15) is 6.10 Å². The number of aromatic nitrogens is 1. The minimum atomic E-state index is -1.66. The average Bonchev–Trinajstić information content (AvgIpc) is 3.07. The SMILES string of the molecule is O=C(NCc1cccnc1)[C@H]1CC[C@@H]2[C@@H](CCN2C(=O)C2(F)CCC2)O1. The minimum absolute atomic E-state index is 0.0990. The van der Waals surface area contributed by atoms with Crippen molar-refractivity contribution in [2.24, 2.45) is 0 Å². The molecule has 4 rings (SSSR count). The van der Waals surface area contributed by atoms with Crippen LogP contribution in [0.1, 0.15) is 44.1 Å². The molecular formula is C19H24FN3O3. The van der Waals surface area contributed by atoms with Gasteiger partial charge in [-0.3, -0.25) is 14.6 Å². The maximum Gasteiger partial charge on any atom is 0.260 e. The molecule has 3 fully saturated rings. The zero-order chi connectivity index (χ0) is 18.1. The number of pyridine rings is 1. The zero-order valence-electron chi connectivity index (χ0n) is 14.7. The summed E-state index contributed by atoms with van der Waals surface area (Å²) >= 11 is 0. The van der Waals surface area contributed by atoms with Crippen molar-refractivity contribution in [3.8, 4) is 0 Å². The van der Waals surface area contributed by atoms with Crippen LogP contribution in [0.15, 0.2) is 24.5 Å². The predicted octanol–water partition coefficient (Wildman–Crippen LogP) is 1.74. The molecule has 3 aliphatic rings. The number of ether oxygens (including phenoxy) is 1. The Morgan fingerprint density at radius 1 is 1.35 bits per heavy atom. The Kier molecular flexibility index (Phi) is 4.65. The molecule has 1 aliphatic carbocycles. The van der Waals surface area contributed by atoms with Gasteiger partial charge in [-0.2, -0.15) is 0 Å². The molecule has 2 saturated heterocycles. The average molecular weight is 361 g/mol. The Hall–Kier alpha value is -2.02. The predicted molar refractivity (Wildman–Crippen MR) is 91.8 cm³/mol. The van der Waals surface area contributed by atoms with Crippen molar-refractivity contribution in [2.45, 2.75) is 69.0 Å². The van der Waals surface area contributed by atoms with Gasteiger partial charge < -0.3 is 15.0 Å². The largest absolute Gasteiger partial charge is 0.363 e. The molecule has 1 aromatic rings. The second-order valence-corrected chi connectivity index (χ2v) is 7.49. The van der Waals surface area contributed by atoms with Crippen molar-refractivity contribution < 1.29 is 18.7 Å². The van der Waals surface area contributed by atoms with E-state index in [1.807, 2.05) is 12.1 Å². The van der Waals surface area contributed by atoms with Crippen LogP contribution in [0.25, 0.3) is 0 Å². The molecule has 140 valence electrons. The maximum absolute atomic E-state index is 14.5. The summed E-state index contributed by atoms with van der Waals surface area (Å²) in [6, 6.07) is 3.63. The number of alkyl halides is 1. The summed E-state index contributed by atoms with van der Waals surface area (Å²) in [6.45, 7) is 0.930.